The molecule has 0 bridgehead atoms. The number of rotatable bonds is 1. The maximum absolute atomic E-state index is 12.2. The number of hydrogen-bond acceptors (Lipinski definition) is 4. The quantitative estimate of drug-likeness (QED) is 0.790. The fourth-order valence-corrected chi connectivity index (χ4v) is 3.18. The molecule has 0 N–H and O–H groups in total. The number of pyridine rings is 1. The van der Waals surface area contributed by atoms with Crippen LogP contribution in [0.1, 0.15) is 45.0 Å². The number of carbonyl (C=O) groups is 1. The molecule has 1 fully saturated rings. The third-order valence-electron chi connectivity index (χ3n) is 4.43. The molecule has 1 aromatic heterocycles. The minimum absolute atomic E-state index is 0.236. The predicted molar refractivity (Wildman–Crippen MR) is 92.7 cm³/mol. The molecular weight excluding hydrogens is 304 g/mol. The lowest BCUT2D eigenvalue weighted by Gasteiger charge is -2.38. The Labute approximate surface area is 143 Å². The maximum Gasteiger partial charge on any atom is 0.410 e. The Morgan fingerprint density at radius 3 is 2.62 bits per heavy atom. The van der Waals surface area contributed by atoms with E-state index in [0.29, 0.717) is 19.7 Å². The number of aromatic nitrogens is 1. The van der Waals surface area contributed by atoms with Crippen LogP contribution in [0.3, 0.4) is 0 Å². The number of hydrogen-bond donors (Lipinski definition) is 0. The van der Waals surface area contributed by atoms with Gasteiger partial charge in [-0.3, -0.25) is 4.98 Å². The molecule has 0 unspecified atom stereocenters. The number of aryl methyl sites for hydroxylation is 1. The van der Waals surface area contributed by atoms with Gasteiger partial charge in [-0.1, -0.05) is 6.07 Å². The molecule has 3 heterocycles. The van der Waals surface area contributed by atoms with Crippen molar-refractivity contribution in [3.8, 4) is 0 Å². The van der Waals surface area contributed by atoms with Gasteiger partial charge in [0, 0.05) is 24.4 Å². The first-order valence-corrected chi connectivity index (χ1v) is 8.54. The van der Waals surface area contributed by atoms with Crippen LogP contribution in [0.15, 0.2) is 24.3 Å². The summed E-state index contributed by atoms with van der Waals surface area (Å²) in [4.78, 5) is 18.5. The lowest BCUT2D eigenvalue weighted by atomic mass is 9.90. The maximum atomic E-state index is 12.2. The molecule has 0 radical (unpaired) electrons. The van der Waals surface area contributed by atoms with Crippen molar-refractivity contribution in [3.63, 3.8) is 0 Å². The zero-order valence-corrected chi connectivity index (χ0v) is 15.0. The average Bonchev–Trinajstić information content (AvgIpc) is 2.90. The van der Waals surface area contributed by atoms with Gasteiger partial charge in [-0.05, 0) is 58.7 Å². The van der Waals surface area contributed by atoms with E-state index >= 15 is 0 Å². The van der Waals surface area contributed by atoms with Gasteiger partial charge in [0.1, 0.15) is 5.60 Å². The van der Waals surface area contributed by atoms with E-state index in [-0.39, 0.29) is 11.7 Å². The Hall–Kier alpha value is -1.88. The summed E-state index contributed by atoms with van der Waals surface area (Å²) in [7, 11) is 0. The number of amides is 1. The van der Waals surface area contributed by atoms with Crippen molar-refractivity contribution in [1.29, 1.82) is 0 Å². The van der Waals surface area contributed by atoms with Crippen LogP contribution in [0.4, 0.5) is 4.79 Å². The van der Waals surface area contributed by atoms with Crippen molar-refractivity contribution in [2.75, 3.05) is 19.7 Å². The number of piperidine rings is 1. The third-order valence-corrected chi connectivity index (χ3v) is 4.43. The van der Waals surface area contributed by atoms with Gasteiger partial charge in [0.2, 0.25) is 0 Å². The molecule has 24 heavy (non-hydrogen) atoms. The van der Waals surface area contributed by atoms with Crippen LogP contribution in [0, 0.1) is 6.92 Å². The van der Waals surface area contributed by atoms with Crippen molar-refractivity contribution < 1.29 is 14.3 Å². The fourth-order valence-electron chi connectivity index (χ4n) is 3.18. The SMILES string of the molecule is Cc1cccc(C2=CC3(CCN(C(=O)OC(C)(C)C)CC3)OC2)n1. The van der Waals surface area contributed by atoms with Crippen LogP contribution >= 0.6 is 0 Å². The standard InChI is InChI=1S/C19H26N2O3/c1-14-6-5-7-16(20-14)15-12-19(23-13-15)8-10-21(11-9-19)17(22)24-18(2,3)4/h5-7,12H,8-11,13H2,1-4H3. The van der Waals surface area contributed by atoms with Gasteiger partial charge in [0.15, 0.2) is 0 Å². The van der Waals surface area contributed by atoms with Crippen molar-refractivity contribution >= 4 is 11.7 Å². The third kappa shape index (κ3) is 3.78. The summed E-state index contributed by atoms with van der Waals surface area (Å²) in [5.41, 5.74) is 2.42. The second kappa shape index (κ2) is 6.20. The Balaban J connectivity index is 1.65. The van der Waals surface area contributed by atoms with Crippen LogP contribution in [-0.2, 0) is 9.47 Å². The molecule has 0 aromatic carbocycles. The Morgan fingerprint density at radius 1 is 1.29 bits per heavy atom. The highest BCUT2D eigenvalue weighted by Gasteiger charge is 2.40. The van der Waals surface area contributed by atoms with E-state index in [1.807, 2.05) is 45.9 Å². The number of nitrogens with zero attached hydrogens (tertiary/aromatic N) is 2. The van der Waals surface area contributed by atoms with Crippen LogP contribution in [0.5, 0.6) is 0 Å². The van der Waals surface area contributed by atoms with E-state index in [9.17, 15) is 4.79 Å². The van der Waals surface area contributed by atoms with Crippen molar-refractivity contribution in [3.05, 3.63) is 35.7 Å². The monoisotopic (exact) mass is 330 g/mol. The minimum atomic E-state index is -0.458. The van der Waals surface area contributed by atoms with Gasteiger partial charge < -0.3 is 14.4 Å². The highest BCUT2D eigenvalue weighted by molar-refractivity contribution is 5.69. The van der Waals surface area contributed by atoms with Crippen LogP contribution < -0.4 is 0 Å². The topological polar surface area (TPSA) is 51.7 Å². The fraction of sp³-hybridized carbons (Fsp3) is 0.579. The molecule has 0 saturated carbocycles. The van der Waals surface area contributed by atoms with E-state index < -0.39 is 5.60 Å². The molecule has 130 valence electrons. The van der Waals surface area contributed by atoms with E-state index in [0.717, 1.165) is 29.8 Å². The molecule has 0 aliphatic carbocycles. The van der Waals surface area contributed by atoms with Gasteiger partial charge >= 0.3 is 6.09 Å². The Bertz CT molecular complexity index is 653. The Kier molecular flexibility index (Phi) is 4.38. The highest BCUT2D eigenvalue weighted by atomic mass is 16.6. The normalized spacial score (nSPS) is 20.2. The van der Waals surface area contributed by atoms with Gasteiger partial charge in [-0.15, -0.1) is 0 Å². The zero-order valence-electron chi connectivity index (χ0n) is 15.0. The Morgan fingerprint density at radius 2 is 2.00 bits per heavy atom. The minimum Gasteiger partial charge on any atom is -0.444 e. The van der Waals surface area contributed by atoms with Crippen molar-refractivity contribution in [2.24, 2.45) is 0 Å². The summed E-state index contributed by atoms with van der Waals surface area (Å²) < 4.78 is 11.6. The second-order valence-corrected chi connectivity index (χ2v) is 7.65. The average molecular weight is 330 g/mol. The van der Waals surface area contributed by atoms with Gasteiger partial charge in [-0.25, -0.2) is 4.79 Å². The summed E-state index contributed by atoms with van der Waals surface area (Å²) in [6.45, 7) is 9.55. The zero-order chi connectivity index (χ0) is 17.4. The molecule has 1 aromatic rings. The molecule has 0 atom stereocenters. The van der Waals surface area contributed by atoms with Crippen molar-refractivity contribution in [1.82, 2.24) is 9.88 Å². The molecule has 5 nitrogen and oxygen atoms in total. The highest BCUT2D eigenvalue weighted by Crippen LogP contribution is 2.37. The first-order valence-electron chi connectivity index (χ1n) is 8.54. The van der Waals surface area contributed by atoms with E-state index in [1.165, 1.54) is 0 Å². The first-order chi connectivity index (χ1) is 11.3. The molecule has 1 saturated heterocycles. The number of carbonyl (C=O) groups excluding carboxylic acids is 1. The predicted octanol–water partition coefficient (Wildman–Crippen LogP) is 3.57. The molecule has 3 rings (SSSR count). The van der Waals surface area contributed by atoms with Crippen molar-refractivity contribution in [2.45, 2.75) is 51.7 Å². The summed E-state index contributed by atoms with van der Waals surface area (Å²) in [6, 6.07) is 6.04. The van der Waals surface area contributed by atoms with Crippen LogP contribution in [0.2, 0.25) is 0 Å². The smallest absolute Gasteiger partial charge is 0.410 e. The summed E-state index contributed by atoms with van der Waals surface area (Å²) in [6.07, 6.45) is 3.56. The van der Waals surface area contributed by atoms with Crippen LogP contribution in [0.25, 0.3) is 5.57 Å². The van der Waals surface area contributed by atoms with Gasteiger partial charge in [0.05, 0.1) is 17.9 Å². The van der Waals surface area contributed by atoms with E-state index in [1.54, 1.807) is 4.90 Å². The lowest BCUT2D eigenvalue weighted by Crippen LogP contribution is -2.47. The lowest BCUT2D eigenvalue weighted by molar-refractivity contribution is -0.0318. The molecule has 1 amide bonds. The van der Waals surface area contributed by atoms with E-state index in [2.05, 4.69) is 11.1 Å². The molecule has 5 heteroatoms. The number of ether oxygens (including phenoxy) is 2. The summed E-state index contributed by atoms with van der Waals surface area (Å²) >= 11 is 0. The van der Waals surface area contributed by atoms with Crippen LogP contribution in [-0.4, -0.2) is 46.9 Å². The van der Waals surface area contributed by atoms with E-state index in [4.69, 9.17) is 9.47 Å². The molecule has 1 spiro atoms. The largest absolute Gasteiger partial charge is 0.444 e. The molecule has 2 aliphatic rings. The molecular formula is C19H26N2O3. The summed E-state index contributed by atoms with van der Waals surface area (Å²) in [5, 5.41) is 0. The second-order valence-electron chi connectivity index (χ2n) is 7.65. The summed E-state index contributed by atoms with van der Waals surface area (Å²) in [5.74, 6) is 0. The number of likely N-dealkylation sites (tertiary alicyclic amines) is 1. The molecule has 2 aliphatic heterocycles. The van der Waals surface area contributed by atoms with Gasteiger partial charge in [-0.2, -0.15) is 0 Å². The van der Waals surface area contributed by atoms with Gasteiger partial charge in [0.25, 0.3) is 0 Å². The first kappa shape index (κ1) is 17.0.